The third-order valence-corrected chi connectivity index (χ3v) is 2.40. The summed E-state index contributed by atoms with van der Waals surface area (Å²) in [6, 6.07) is 0. The van der Waals surface area contributed by atoms with Crippen LogP contribution in [0.3, 0.4) is 0 Å². The molecule has 70 valence electrons. The van der Waals surface area contributed by atoms with Crippen molar-refractivity contribution in [2.45, 2.75) is 47.1 Å². The second kappa shape index (κ2) is 2.51. The van der Waals surface area contributed by atoms with Crippen LogP contribution in [0.25, 0.3) is 0 Å². The maximum absolute atomic E-state index is 2.48. The number of hydrogen-bond donors (Lipinski definition) is 0. The van der Waals surface area contributed by atoms with E-state index < -0.39 is 0 Å². The molecule has 0 atom stereocenters. The number of rotatable bonds is 0. The first-order valence-corrected chi connectivity index (χ1v) is 4.69. The summed E-state index contributed by atoms with van der Waals surface area (Å²) >= 11 is 0. The summed E-state index contributed by atoms with van der Waals surface area (Å²) in [7, 11) is 0. The highest BCUT2D eigenvalue weighted by Crippen LogP contribution is 2.34. The number of hydrogen-bond acceptors (Lipinski definition) is 1. The molecule has 1 heterocycles. The topological polar surface area (TPSA) is 3.24 Å². The Labute approximate surface area is 76.5 Å². The van der Waals surface area contributed by atoms with Crippen LogP contribution in [0.5, 0.6) is 0 Å². The monoisotopic (exact) mass is 167 g/mol. The highest BCUT2D eigenvalue weighted by atomic mass is 15.2. The Morgan fingerprint density at radius 3 is 2.00 bits per heavy atom. The molecule has 0 unspecified atom stereocenters. The summed E-state index contributed by atoms with van der Waals surface area (Å²) < 4.78 is 0. The third-order valence-electron chi connectivity index (χ3n) is 2.40. The lowest BCUT2D eigenvalue weighted by Crippen LogP contribution is -2.40. The van der Waals surface area contributed by atoms with E-state index in [4.69, 9.17) is 0 Å². The van der Waals surface area contributed by atoms with Crippen LogP contribution in [0, 0.1) is 5.41 Å². The van der Waals surface area contributed by atoms with E-state index in [1.807, 2.05) is 0 Å². The number of allylic oxidation sites excluding steroid dienone is 1. The molecule has 1 rings (SSSR count). The molecule has 0 aliphatic carbocycles. The summed E-state index contributed by atoms with van der Waals surface area (Å²) in [6.07, 6.45) is 2.37. The summed E-state index contributed by atoms with van der Waals surface area (Å²) in [4.78, 5) is 2.48. The highest BCUT2D eigenvalue weighted by molar-refractivity contribution is 5.15. The second-order valence-corrected chi connectivity index (χ2v) is 5.53. The highest BCUT2D eigenvalue weighted by Gasteiger charge is 2.33. The van der Waals surface area contributed by atoms with E-state index in [0.29, 0.717) is 5.41 Å². The van der Waals surface area contributed by atoms with Gasteiger partial charge in [-0.3, -0.25) is 0 Å². The van der Waals surface area contributed by atoms with Crippen molar-refractivity contribution in [3.8, 4) is 0 Å². The van der Waals surface area contributed by atoms with Crippen molar-refractivity contribution >= 4 is 0 Å². The van der Waals surface area contributed by atoms with Gasteiger partial charge in [-0.15, -0.1) is 0 Å². The van der Waals surface area contributed by atoms with E-state index in [-0.39, 0.29) is 5.54 Å². The summed E-state index contributed by atoms with van der Waals surface area (Å²) in [5, 5.41) is 0. The average Bonchev–Trinajstić information content (AvgIpc) is 2.03. The van der Waals surface area contributed by atoms with Gasteiger partial charge >= 0.3 is 0 Å². The minimum atomic E-state index is 0.272. The van der Waals surface area contributed by atoms with E-state index in [2.05, 4.69) is 52.5 Å². The smallest absolute Gasteiger partial charge is 0.0315 e. The van der Waals surface area contributed by atoms with Gasteiger partial charge in [-0.1, -0.05) is 19.9 Å². The van der Waals surface area contributed by atoms with E-state index in [1.165, 1.54) is 5.70 Å². The molecular weight excluding hydrogens is 146 g/mol. The molecule has 12 heavy (non-hydrogen) atoms. The van der Waals surface area contributed by atoms with Gasteiger partial charge in [-0.2, -0.15) is 0 Å². The summed E-state index contributed by atoms with van der Waals surface area (Å²) in [5.41, 5.74) is 2.05. The van der Waals surface area contributed by atoms with E-state index in [0.717, 1.165) is 6.54 Å². The largest absolute Gasteiger partial charge is 0.370 e. The van der Waals surface area contributed by atoms with Gasteiger partial charge in [0.1, 0.15) is 0 Å². The first-order chi connectivity index (χ1) is 5.22. The van der Waals surface area contributed by atoms with E-state index in [9.17, 15) is 0 Å². The zero-order valence-electron chi connectivity index (χ0n) is 9.23. The van der Waals surface area contributed by atoms with Crippen LogP contribution in [-0.4, -0.2) is 17.0 Å². The first-order valence-electron chi connectivity index (χ1n) is 4.69. The van der Waals surface area contributed by atoms with E-state index in [1.54, 1.807) is 0 Å². The molecule has 0 saturated carbocycles. The molecule has 0 N–H and O–H groups in total. The molecule has 0 aromatic rings. The normalized spacial score (nSPS) is 22.8. The maximum Gasteiger partial charge on any atom is 0.0315 e. The molecule has 0 aromatic carbocycles. The van der Waals surface area contributed by atoms with Gasteiger partial charge in [-0.25, -0.2) is 0 Å². The Kier molecular flexibility index (Phi) is 2.02. The number of nitrogens with zero attached hydrogens (tertiary/aromatic N) is 1. The van der Waals surface area contributed by atoms with Crippen LogP contribution in [0.15, 0.2) is 11.8 Å². The second-order valence-electron chi connectivity index (χ2n) is 5.53. The molecule has 0 radical (unpaired) electrons. The molecule has 0 bridgehead atoms. The minimum Gasteiger partial charge on any atom is -0.370 e. The van der Waals surface area contributed by atoms with Gasteiger partial charge in [0.25, 0.3) is 0 Å². The zero-order chi connectivity index (χ0) is 9.57. The van der Waals surface area contributed by atoms with Crippen molar-refractivity contribution in [2.75, 3.05) is 6.54 Å². The predicted molar refractivity (Wildman–Crippen MR) is 54.0 cm³/mol. The zero-order valence-corrected chi connectivity index (χ0v) is 9.23. The van der Waals surface area contributed by atoms with Gasteiger partial charge in [0, 0.05) is 23.2 Å². The van der Waals surface area contributed by atoms with Crippen molar-refractivity contribution in [3.63, 3.8) is 0 Å². The molecule has 0 spiro atoms. The van der Waals surface area contributed by atoms with Gasteiger partial charge in [0.05, 0.1) is 0 Å². The Morgan fingerprint density at radius 2 is 1.83 bits per heavy atom. The van der Waals surface area contributed by atoms with Gasteiger partial charge < -0.3 is 4.90 Å². The summed E-state index contributed by atoms with van der Waals surface area (Å²) in [6.45, 7) is 14.8. The molecule has 0 aromatic heterocycles. The average molecular weight is 167 g/mol. The Morgan fingerprint density at radius 1 is 1.33 bits per heavy atom. The lowest BCUT2D eigenvalue weighted by atomic mass is 9.95. The quantitative estimate of drug-likeness (QED) is 0.536. The van der Waals surface area contributed by atoms with Crippen molar-refractivity contribution < 1.29 is 0 Å². The fraction of sp³-hybridized carbons (Fsp3) is 0.818. The maximum atomic E-state index is 2.48. The minimum absolute atomic E-state index is 0.272. The fourth-order valence-corrected chi connectivity index (χ4v) is 1.99. The Bertz CT molecular complexity index is 206. The summed E-state index contributed by atoms with van der Waals surface area (Å²) in [5.74, 6) is 0. The van der Waals surface area contributed by atoms with Crippen LogP contribution in [-0.2, 0) is 0 Å². The van der Waals surface area contributed by atoms with Crippen LogP contribution in [0.4, 0.5) is 0 Å². The molecule has 1 nitrogen and oxygen atoms in total. The van der Waals surface area contributed by atoms with Crippen LogP contribution in [0.2, 0.25) is 0 Å². The molecule has 1 aliphatic heterocycles. The lowest BCUT2D eigenvalue weighted by Gasteiger charge is -2.36. The molecule has 0 saturated heterocycles. The lowest BCUT2D eigenvalue weighted by molar-refractivity contribution is 0.171. The Balaban J connectivity index is 2.83. The molecule has 1 aliphatic rings. The van der Waals surface area contributed by atoms with Gasteiger partial charge in [0.15, 0.2) is 0 Å². The van der Waals surface area contributed by atoms with Crippen LogP contribution < -0.4 is 0 Å². The van der Waals surface area contributed by atoms with Crippen LogP contribution in [0.1, 0.15) is 41.5 Å². The van der Waals surface area contributed by atoms with Crippen molar-refractivity contribution in [1.82, 2.24) is 4.90 Å². The Hall–Kier alpha value is -0.460. The van der Waals surface area contributed by atoms with Crippen LogP contribution >= 0.6 is 0 Å². The van der Waals surface area contributed by atoms with Crippen molar-refractivity contribution in [1.29, 1.82) is 0 Å². The molecule has 0 fully saturated rings. The molecule has 0 amide bonds. The molecule has 1 heteroatoms. The standard InChI is InChI=1S/C11H21N/c1-9-7-11(5,6)8-12(9)10(2,3)4/h7H,8H2,1-6H3. The SMILES string of the molecule is CC1=CC(C)(C)CN1C(C)(C)C. The van der Waals surface area contributed by atoms with Crippen molar-refractivity contribution in [3.05, 3.63) is 11.8 Å². The predicted octanol–water partition coefficient (Wildman–Crippen LogP) is 3.03. The van der Waals surface area contributed by atoms with Gasteiger partial charge in [-0.05, 0) is 27.7 Å². The van der Waals surface area contributed by atoms with Crippen molar-refractivity contribution in [2.24, 2.45) is 5.41 Å². The third kappa shape index (κ3) is 1.82. The van der Waals surface area contributed by atoms with E-state index >= 15 is 0 Å². The fourth-order valence-electron chi connectivity index (χ4n) is 1.99. The van der Waals surface area contributed by atoms with Gasteiger partial charge in [0.2, 0.25) is 0 Å². The molecular formula is C11H21N. The first kappa shape index (κ1) is 9.63.